The summed E-state index contributed by atoms with van der Waals surface area (Å²) in [6.07, 6.45) is 4.05. The summed E-state index contributed by atoms with van der Waals surface area (Å²) in [4.78, 5) is 13.1. The molecule has 0 spiro atoms. The van der Waals surface area contributed by atoms with Gasteiger partial charge in [0.2, 0.25) is 0 Å². The van der Waals surface area contributed by atoms with Crippen molar-refractivity contribution in [3.63, 3.8) is 0 Å². The van der Waals surface area contributed by atoms with Gasteiger partial charge in [-0.1, -0.05) is 30.2 Å². The minimum Gasteiger partial charge on any atom is -0.373 e. The molecule has 1 N–H and O–H groups in total. The van der Waals surface area contributed by atoms with Crippen LogP contribution in [0.1, 0.15) is 19.3 Å². The minimum atomic E-state index is 0.722. The first-order chi connectivity index (χ1) is 12.7. The van der Waals surface area contributed by atoms with E-state index in [4.69, 9.17) is 16.6 Å². The first kappa shape index (κ1) is 17.4. The standard InChI is InChI=1S/C21H25ClN4/c1-25(13-14-26-11-5-2-6-12-26)20-8-4-3-7-17(20)21-23-18-10-9-16(22)15-19(18)24-21/h3-4,7-10,15H,2,5-6,11-14H2,1H3,(H,23,24). The molecule has 0 bridgehead atoms. The highest BCUT2D eigenvalue weighted by molar-refractivity contribution is 6.31. The number of piperidine rings is 1. The van der Waals surface area contributed by atoms with Gasteiger partial charge in [0, 0.05) is 36.4 Å². The highest BCUT2D eigenvalue weighted by Crippen LogP contribution is 2.30. The fraction of sp³-hybridized carbons (Fsp3) is 0.381. The number of para-hydroxylation sites is 1. The number of anilines is 1. The van der Waals surface area contributed by atoms with Crippen molar-refractivity contribution in [3.05, 3.63) is 47.5 Å². The van der Waals surface area contributed by atoms with E-state index in [9.17, 15) is 0 Å². The zero-order valence-corrected chi connectivity index (χ0v) is 16.0. The Hall–Kier alpha value is -2.04. The van der Waals surface area contributed by atoms with E-state index in [0.29, 0.717) is 0 Å². The van der Waals surface area contributed by atoms with Gasteiger partial charge in [-0.05, 0) is 56.3 Å². The van der Waals surface area contributed by atoms with Gasteiger partial charge in [0.05, 0.1) is 11.0 Å². The van der Waals surface area contributed by atoms with Gasteiger partial charge in [-0.3, -0.25) is 0 Å². The van der Waals surface area contributed by atoms with Gasteiger partial charge in [-0.2, -0.15) is 0 Å². The van der Waals surface area contributed by atoms with Crippen molar-refractivity contribution in [1.29, 1.82) is 0 Å². The zero-order chi connectivity index (χ0) is 17.9. The van der Waals surface area contributed by atoms with Gasteiger partial charge in [0.25, 0.3) is 0 Å². The first-order valence-electron chi connectivity index (χ1n) is 9.39. The maximum Gasteiger partial charge on any atom is 0.140 e. The molecule has 5 heteroatoms. The highest BCUT2D eigenvalue weighted by atomic mass is 35.5. The molecule has 4 rings (SSSR count). The van der Waals surface area contributed by atoms with Crippen molar-refractivity contribution in [2.45, 2.75) is 19.3 Å². The second-order valence-corrected chi connectivity index (χ2v) is 7.52. The Balaban J connectivity index is 1.56. The van der Waals surface area contributed by atoms with E-state index in [0.717, 1.165) is 40.5 Å². The first-order valence-corrected chi connectivity index (χ1v) is 9.77. The number of imidazole rings is 1. The zero-order valence-electron chi connectivity index (χ0n) is 15.2. The number of aromatic nitrogens is 2. The quantitative estimate of drug-likeness (QED) is 0.702. The lowest BCUT2D eigenvalue weighted by Crippen LogP contribution is -2.36. The normalized spacial score (nSPS) is 15.5. The monoisotopic (exact) mass is 368 g/mol. The van der Waals surface area contributed by atoms with Crippen LogP contribution in [0.5, 0.6) is 0 Å². The number of nitrogens with zero attached hydrogens (tertiary/aromatic N) is 3. The SMILES string of the molecule is CN(CCN1CCCCC1)c1ccccc1-c1nc2ccc(Cl)cc2[nH]1. The largest absolute Gasteiger partial charge is 0.373 e. The second kappa shape index (κ2) is 7.68. The maximum atomic E-state index is 6.11. The summed E-state index contributed by atoms with van der Waals surface area (Å²) >= 11 is 6.11. The van der Waals surface area contributed by atoms with Crippen molar-refractivity contribution < 1.29 is 0 Å². The number of H-pyrrole nitrogens is 1. The van der Waals surface area contributed by atoms with Crippen LogP contribution in [-0.2, 0) is 0 Å². The number of fused-ring (bicyclic) bond motifs is 1. The summed E-state index contributed by atoms with van der Waals surface area (Å²) in [5.41, 5.74) is 4.24. The van der Waals surface area contributed by atoms with Crippen LogP contribution in [0.4, 0.5) is 5.69 Å². The van der Waals surface area contributed by atoms with E-state index < -0.39 is 0 Å². The van der Waals surface area contributed by atoms with Crippen molar-refractivity contribution in [2.75, 3.05) is 38.1 Å². The molecule has 0 radical (unpaired) electrons. The number of nitrogens with one attached hydrogen (secondary N) is 1. The molecule has 1 aliphatic heterocycles. The molecule has 3 aromatic rings. The summed E-state index contributed by atoms with van der Waals surface area (Å²) in [6, 6.07) is 14.2. The number of rotatable bonds is 5. The van der Waals surface area contributed by atoms with Crippen LogP contribution >= 0.6 is 11.6 Å². The van der Waals surface area contributed by atoms with Gasteiger partial charge in [0.15, 0.2) is 0 Å². The number of hydrogen-bond acceptors (Lipinski definition) is 3. The van der Waals surface area contributed by atoms with Crippen LogP contribution in [0.2, 0.25) is 5.02 Å². The Kier molecular flexibility index (Phi) is 5.14. The number of likely N-dealkylation sites (tertiary alicyclic amines) is 1. The lowest BCUT2D eigenvalue weighted by molar-refractivity contribution is 0.234. The van der Waals surface area contributed by atoms with E-state index in [-0.39, 0.29) is 0 Å². The van der Waals surface area contributed by atoms with Crippen molar-refractivity contribution in [2.24, 2.45) is 0 Å². The molecule has 4 nitrogen and oxygen atoms in total. The molecular formula is C21H25ClN4. The summed E-state index contributed by atoms with van der Waals surface area (Å²) in [5.74, 6) is 0.891. The third kappa shape index (κ3) is 3.71. The molecule has 1 aromatic heterocycles. The van der Waals surface area contributed by atoms with Gasteiger partial charge < -0.3 is 14.8 Å². The van der Waals surface area contributed by atoms with Crippen LogP contribution < -0.4 is 4.90 Å². The Morgan fingerprint density at radius 2 is 1.92 bits per heavy atom. The second-order valence-electron chi connectivity index (χ2n) is 7.09. The Bertz CT molecular complexity index is 883. The molecule has 1 saturated heterocycles. The van der Waals surface area contributed by atoms with Crippen LogP contribution in [-0.4, -0.2) is 48.1 Å². The molecule has 0 unspecified atom stereocenters. The molecule has 0 saturated carbocycles. The predicted octanol–water partition coefficient (Wildman–Crippen LogP) is 4.81. The Morgan fingerprint density at radius 3 is 2.77 bits per heavy atom. The minimum absolute atomic E-state index is 0.722. The molecule has 2 heterocycles. The maximum absolute atomic E-state index is 6.11. The third-order valence-corrected chi connectivity index (χ3v) is 5.45. The molecule has 2 aromatic carbocycles. The molecule has 26 heavy (non-hydrogen) atoms. The van der Waals surface area contributed by atoms with Gasteiger partial charge in [-0.15, -0.1) is 0 Å². The molecular weight excluding hydrogens is 344 g/mol. The van der Waals surface area contributed by atoms with Crippen LogP contribution in [0.3, 0.4) is 0 Å². The lowest BCUT2D eigenvalue weighted by Gasteiger charge is -2.29. The van der Waals surface area contributed by atoms with E-state index >= 15 is 0 Å². The molecule has 0 aliphatic carbocycles. The third-order valence-electron chi connectivity index (χ3n) is 5.21. The summed E-state index contributed by atoms with van der Waals surface area (Å²) in [7, 11) is 2.17. The number of hydrogen-bond donors (Lipinski definition) is 1. The number of likely N-dealkylation sites (N-methyl/N-ethyl adjacent to an activating group) is 1. The molecule has 0 amide bonds. The smallest absolute Gasteiger partial charge is 0.140 e. The average Bonchev–Trinajstić information content (AvgIpc) is 3.10. The van der Waals surface area contributed by atoms with Gasteiger partial charge in [0.1, 0.15) is 5.82 Å². The van der Waals surface area contributed by atoms with Crippen LogP contribution in [0.25, 0.3) is 22.4 Å². The van der Waals surface area contributed by atoms with E-state index in [1.54, 1.807) is 0 Å². The van der Waals surface area contributed by atoms with Crippen molar-refractivity contribution in [1.82, 2.24) is 14.9 Å². The molecule has 1 aliphatic rings. The molecule has 136 valence electrons. The number of aromatic amines is 1. The van der Waals surface area contributed by atoms with E-state index in [1.807, 2.05) is 18.2 Å². The molecule has 0 atom stereocenters. The van der Waals surface area contributed by atoms with Crippen molar-refractivity contribution in [3.8, 4) is 11.4 Å². The predicted molar refractivity (Wildman–Crippen MR) is 110 cm³/mol. The number of halogens is 1. The Labute approximate surface area is 159 Å². The van der Waals surface area contributed by atoms with Gasteiger partial charge >= 0.3 is 0 Å². The van der Waals surface area contributed by atoms with E-state index in [1.165, 1.54) is 38.0 Å². The topological polar surface area (TPSA) is 35.2 Å². The summed E-state index contributed by atoms with van der Waals surface area (Å²) < 4.78 is 0. The lowest BCUT2D eigenvalue weighted by atomic mass is 10.1. The molecule has 1 fully saturated rings. The summed E-state index contributed by atoms with van der Waals surface area (Å²) in [6.45, 7) is 4.60. The fourth-order valence-corrected chi connectivity index (χ4v) is 3.88. The van der Waals surface area contributed by atoms with E-state index in [2.05, 4.69) is 46.1 Å². The Morgan fingerprint density at radius 1 is 1.12 bits per heavy atom. The summed E-state index contributed by atoms with van der Waals surface area (Å²) in [5, 5.41) is 0.722. The fourth-order valence-electron chi connectivity index (χ4n) is 3.71. The van der Waals surface area contributed by atoms with Crippen molar-refractivity contribution >= 4 is 28.3 Å². The van der Waals surface area contributed by atoms with Crippen LogP contribution in [0.15, 0.2) is 42.5 Å². The van der Waals surface area contributed by atoms with Crippen LogP contribution in [0, 0.1) is 0 Å². The highest BCUT2D eigenvalue weighted by Gasteiger charge is 2.15. The average molecular weight is 369 g/mol. The van der Waals surface area contributed by atoms with Gasteiger partial charge in [-0.25, -0.2) is 4.98 Å². The number of benzene rings is 2.